The van der Waals surface area contributed by atoms with Crippen molar-refractivity contribution in [2.24, 2.45) is 0 Å². The highest BCUT2D eigenvalue weighted by Crippen LogP contribution is 2.29. The van der Waals surface area contributed by atoms with Crippen molar-refractivity contribution in [3.63, 3.8) is 0 Å². The van der Waals surface area contributed by atoms with Crippen molar-refractivity contribution < 1.29 is 17.2 Å². The number of hydrogen-bond acceptors (Lipinski definition) is 6. The molecule has 0 fully saturated rings. The Hall–Kier alpha value is -2.27. The Morgan fingerprint density at radius 3 is 2.70 bits per heavy atom. The number of nitrogens with one attached hydrogen (secondary N) is 3. The summed E-state index contributed by atoms with van der Waals surface area (Å²) in [4.78, 5) is 3.25. The minimum atomic E-state index is -4.17. The van der Waals surface area contributed by atoms with Gasteiger partial charge in [0.25, 0.3) is 10.0 Å². The molecule has 3 N–H and O–H groups in total. The van der Waals surface area contributed by atoms with Crippen LogP contribution in [0, 0.1) is 11.6 Å². The lowest BCUT2D eigenvalue weighted by molar-refractivity contribution is 0.567. The number of likely N-dealkylation sites (N-methyl/N-ethyl adjacent to an activating group) is 1. The maximum atomic E-state index is 14.6. The topological polar surface area (TPSA) is 83.1 Å². The van der Waals surface area contributed by atoms with Gasteiger partial charge < -0.3 is 10.6 Å². The molecule has 1 aromatic heterocycles. The Labute approximate surface area is 182 Å². The number of hydrogen-bond donors (Lipinski definition) is 3. The number of thiazole rings is 1. The number of anilines is 2. The first-order chi connectivity index (χ1) is 14.3. The van der Waals surface area contributed by atoms with Crippen molar-refractivity contribution in [1.82, 2.24) is 10.3 Å². The third-order valence-corrected chi connectivity index (χ3v) is 6.77. The number of rotatable bonds is 9. The molecular weight excluding hydrogens is 454 g/mol. The van der Waals surface area contributed by atoms with Gasteiger partial charge in [0.2, 0.25) is 0 Å². The third kappa shape index (κ3) is 5.66. The molecular formula is C19H19ClF2N4O2S2. The van der Waals surface area contributed by atoms with Crippen LogP contribution in [0.4, 0.5) is 19.6 Å². The molecule has 0 saturated heterocycles. The lowest BCUT2D eigenvalue weighted by atomic mass is 10.1. The second-order valence-electron chi connectivity index (χ2n) is 6.41. The molecule has 11 heteroatoms. The van der Waals surface area contributed by atoms with Crippen molar-refractivity contribution in [3.8, 4) is 0 Å². The van der Waals surface area contributed by atoms with Crippen molar-refractivity contribution in [2.45, 2.75) is 17.4 Å². The zero-order valence-electron chi connectivity index (χ0n) is 15.8. The fraction of sp³-hybridized carbons (Fsp3) is 0.211. The van der Waals surface area contributed by atoms with E-state index in [1.807, 2.05) is 6.07 Å². The SMILES string of the molecule is CN[C@H](CNc1cc(F)c(S(=O)(=O)Nc2nccs2)cc1Cl)Cc1cccc(F)c1. The molecule has 1 atom stereocenters. The van der Waals surface area contributed by atoms with Gasteiger partial charge in [0, 0.05) is 24.2 Å². The minimum absolute atomic E-state index is 0.0523. The van der Waals surface area contributed by atoms with Gasteiger partial charge in [-0.3, -0.25) is 4.72 Å². The highest BCUT2D eigenvalue weighted by atomic mass is 35.5. The molecule has 0 spiro atoms. The average molecular weight is 473 g/mol. The summed E-state index contributed by atoms with van der Waals surface area (Å²) in [6.07, 6.45) is 1.96. The van der Waals surface area contributed by atoms with Gasteiger partial charge in [-0.2, -0.15) is 0 Å². The summed E-state index contributed by atoms with van der Waals surface area (Å²) in [5.41, 5.74) is 1.06. The highest BCUT2D eigenvalue weighted by molar-refractivity contribution is 7.93. The highest BCUT2D eigenvalue weighted by Gasteiger charge is 2.22. The van der Waals surface area contributed by atoms with E-state index < -0.39 is 20.7 Å². The molecule has 0 bridgehead atoms. The van der Waals surface area contributed by atoms with Crippen LogP contribution in [-0.4, -0.2) is 33.0 Å². The van der Waals surface area contributed by atoms with E-state index in [0.29, 0.717) is 13.0 Å². The Bertz CT molecular complexity index is 1110. The summed E-state index contributed by atoms with van der Waals surface area (Å²) < 4.78 is 55.0. The summed E-state index contributed by atoms with van der Waals surface area (Å²) in [5, 5.41) is 7.88. The van der Waals surface area contributed by atoms with E-state index in [0.717, 1.165) is 29.0 Å². The van der Waals surface area contributed by atoms with Crippen molar-refractivity contribution in [2.75, 3.05) is 23.6 Å². The molecule has 0 aliphatic heterocycles. The first-order valence-corrected chi connectivity index (χ1v) is 11.6. The van der Waals surface area contributed by atoms with Crippen LogP contribution in [0.3, 0.4) is 0 Å². The van der Waals surface area contributed by atoms with Crippen LogP contribution >= 0.6 is 22.9 Å². The molecule has 0 aliphatic carbocycles. The van der Waals surface area contributed by atoms with Crippen molar-refractivity contribution in [1.29, 1.82) is 0 Å². The predicted octanol–water partition coefficient (Wildman–Crippen LogP) is 4.12. The van der Waals surface area contributed by atoms with Gasteiger partial charge in [-0.25, -0.2) is 22.2 Å². The number of benzene rings is 2. The Balaban J connectivity index is 1.71. The molecule has 3 aromatic rings. The van der Waals surface area contributed by atoms with Gasteiger partial charge in [-0.15, -0.1) is 11.3 Å². The Kier molecular flexibility index (Phi) is 7.24. The van der Waals surface area contributed by atoms with E-state index in [1.54, 1.807) is 18.5 Å². The fourth-order valence-corrected chi connectivity index (χ4v) is 4.94. The summed E-state index contributed by atoms with van der Waals surface area (Å²) >= 11 is 7.27. The van der Waals surface area contributed by atoms with E-state index in [-0.39, 0.29) is 27.7 Å². The molecule has 0 aliphatic rings. The molecule has 6 nitrogen and oxygen atoms in total. The maximum absolute atomic E-state index is 14.6. The number of nitrogens with zero attached hydrogens (tertiary/aromatic N) is 1. The Morgan fingerprint density at radius 1 is 1.23 bits per heavy atom. The van der Waals surface area contributed by atoms with Gasteiger partial charge in [-0.05, 0) is 43.3 Å². The van der Waals surface area contributed by atoms with Crippen LogP contribution in [0.1, 0.15) is 5.56 Å². The summed E-state index contributed by atoms with van der Waals surface area (Å²) in [5.74, 6) is -1.26. The van der Waals surface area contributed by atoms with E-state index in [4.69, 9.17) is 11.6 Å². The molecule has 2 aromatic carbocycles. The van der Waals surface area contributed by atoms with Gasteiger partial charge in [0.15, 0.2) is 5.13 Å². The second kappa shape index (κ2) is 9.69. The lowest BCUT2D eigenvalue weighted by Gasteiger charge is -2.19. The summed E-state index contributed by atoms with van der Waals surface area (Å²) in [7, 11) is -2.41. The zero-order valence-corrected chi connectivity index (χ0v) is 18.2. The number of halogens is 3. The van der Waals surface area contributed by atoms with Gasteiger partial charge >= 0.3 is 0 Å². The van der Waals surface area contributed by atoms with E-state index in [9.17, 15) is 17.2 Å². The molecule has 1 heterocycles. The van der Waals surface area contributed by atoms with E-state index in [1.165, 1.54) is 18.3 Å². The maximum Gasteiger partial charge on any atom is 0.266 e. The fourth-order valence-electron chi connectivity index (χ4n) is 2.77. The predicted molar refractivity (Wildman–Crippen MR) is 116 cm³/mol. The number of sulfonamides is 1. The van der Waals surface area contributed by atoms with Crippen LogP contribution in [0.15, 0.2) is 52.9 Å². The molecule has 0 radical (unpaired) electrons. The van der Waals surface area contributed by atoms with Crippen LogP contribution in [0.5, 0.6) is 0 Å². The summed E-state index contributed by atoms with van der Waals surface area (Å²) in [6.45, 7) is 0.357. The van der Waals surface area contributed by atoms with Crippen LogP contribution in [-0.2, 0) is 16.4 Å². The third-order valence-electron chi connectivity index (χ3n) is 4.28. The van der Waals surface area contributed by atoms with Crippen LogP contribution in [0.25, 0.3) is 0 Å². The van der Waals surface area contributed by atoms with Gasteiger partial charge in [0.1, 0.15) is 16.5 Å². The second-order valence-corrected chi connectivity index (χ2v) is 9.36. The molecule has 30 heavy (non-hydrogen) atoms. The quantitative estimate of drug-likeness (QED) is 0.436. The first kappa shape index (κ1) is 22.4. The van der Waals surface area contributed by atoms with Crippen LogP contribution in [0.2, 0.25) is 5.02 Å². The van der Waals surface area contributed by atoms with Crippen molar-refractivity contribution >= 4 is 43.8 Å². The van der Waals surface area contributed by atoms with Crippen LogP contribution < -0.4 is 15.4 Å². The molecule has 0 unspecified atom stereocenters. The first-order valence-electron chi connectivity index (χ1n) is 8.85. The number of aromatic nitrogens is 1. The molecule has 3 rings (SSSR count). The van der Waals surface area contributed by atoms with Gasteiger partial charge in [0.05, 0.1) is 10.7 Å². The normalized spacial score (nSPS) is 12.5. The minimum Gasteiger partial charge on any atom is -0.382 e. The molecule has 0 saturated carbocycles. The smallest absolute Gasteiger partial charge is 0.266 e. The standard InChI is InChI=1S/C19H19ClF2N4O2S2/c1-23-14(8-12-3-2-4-13(21)7-12)11-25-17-10-16(22)18(9-15(17)20)30(27,28)26-19-24-5-6-29-19/h2-7,9-10,14,23,25H,8,11H2,1H3,(H,24,26)/t14-/m0/s1. The van der Waals surface area contributed by atoms with Crippen molar-refractivity contribution in [3.05, 3.63) is 70.2 Å². The lowest BCUT2D eigenvalue weighted by Crippen LogP contribution is -2.34. The zero-order chi connectivity index (χ0) is 21.7. The summed E-state index contributed by atoms with van der Waals surface area (Å²) in [6, 6.07) is 8.26. The largest absolute Gasteiger partial charge is 0.382 e. The van der Waals surface area contributed by atoms with E-state index >= 15 is 0 Å². The van der Waals surface area contributed by atoms with E-state index in [2.05, 4.69) is 20.3 Å². The Morgan fingerprint density at radius 2 is 2.03 bits per heavy atom. The molecule has 0 amide bonds. The van der Waals surface area contributed by atoms with Gasteiger partial charge in [-0.1, -0.05) is 23.7 Å². The monoisotopic (exact) mass is 472 g/mol. The molecule has 160 valence electrons. The average Bonchev–Trinajstić information content (AvgIpc) is 3.19.